The fourth-order valence-electron chi connectivity index (χ4n) is 1.46. The van der Waals surface area contributed by atoms with Crippen LogP contribution in [0, 0.1) is 12.8 Å². The largest absolute Gasteiger partial charge is 0.398 e. The molecule has 0 bridgehead atoms. The van der Waals surface area contributed by atoms with Gasteiger partial charge in [-0.15, -0.1) is 0 Å². The molecule has 0 aliphatic carbocycles. The van der Waals surface area contributed by atoms with Crippen LogP contribution in [0.2, 0.25) is 5.02 Å². The molecule has 0 saturated heterocycles. The van der Waals surface area contributed by atoms with Crippen molar-refractivity contribution in [1.29, 1.82) is 0 Å². The second kappa shape index (κ2) is 6.09. The van der Waals surface area contributed by atoms with Crippen molar-refractivity contribution in [3.8, 4) is 0 Å². The molecule has 7 heteroatoms. The first-order valence-corrected chi connectivity index (χ1v) is 7.74. The monoisotopic (exact) mass is 306 g/mol. The van der Waals surface area contributed by atoms with Gasteiger partial charge in [-0.3, -0.25) is 0 Å². The fraction of sp³-hybridized carbons (Fsp3) is 0.500. The maximum Gasteiger partial charge on any atom is 0.242 e. The molecule has 0 aliphatic rings. The Bertz CT molecular complexity index is 560. The van der Waals surface area contributed by atoms with Gasteiger partial charge < -0.3 is 10.8 Å². The minimum Gasteiger partial charge on any atom is -0.398 e. The van der Waals surface area contributed by atoms with Crippen molar-refractivity contribution in [2.24, 2.45) is 5.92 Å². The average molecular weight is 307 g/mol. The van der Waals surface area contributed by atoms with Gasteiger partial charge in [0.05, 0.1) is 5.02 Å². The predicted molar refractivity (Wildman–Crippen MR) is 76.6 cm³/mol. The first-order chi connectivity index (χ1) is 8.69. The Morgan fingerprint density at radius 1 is 1.42 bits per heavy atom. The third kappa shape index (κ3) is 3.82. The van der Waals surface area contributed by atoms with E-state index in [0.29, 0.717) is 5.69 Å². The lowest BCUT2D eigenvalue weighted by Crippen LogP contribution is -2.38. The minimum absolute atomic E-state index is 0.0470. The molecule has 0 spiro atoms. The Balaban J connectivity index is 3.11. The number of hydrogen-bond donors (Lipinski definition) is 3. The standard InChI is InChI=1S/C12H19ClN2O3S/c1-7-4-10(13)12(5-11(7)14)19(17,18)15-9(3)8(2)6-16/h4-5,8-9,15-16H,6,14H2,1-3H3. The first-order valence-electron chi connectivity index (χ1n) is 5.88. The van der Waals surface area contributed by atoms with Gasteiger partial charge in [0.2, 0.25) is 10.0 Å². The van der Waals surface area contributed by atoms with Crippen molar-refractivity contribution in [3.05, 3.63) is 22.7 Å². The highest BCUT2D eigenvalue weighted by atomic mass is 35.5. The molecule has 0 aromatic heterocycles. The summed E-state index contributed by atoms with van der Waals surface area (Å²) in [7, 11) is -3.76. The van der Waals surface area contributed by atoms with E-state index in [1.54, 1.807) is 20.8 Å². The van der Waals surface area contributed by atoms with E-state index in [2.05, 4.69) is 4.72 Å². The number of aliphatic hydroxyl groups excluding tert-OH is 1. The molecule has 0 radical (unpaired) electrons. The van der Waals surface area contributed by atoms with E-state index in [1.807, 2.05) is 0 Å². The lowest BCUT2D eigenvalue weighted by Gasteiger charge is -2.20. The molecule has 0 aliphatic heterocycles. The lowest BCUT2D eigenvalue weighted by molar-refractivity contribution is 0.216. The van der Waals surface area contributed by atoms with Crippen LogP contribution < -0.4 is 10.5 Å². The van der Waals surface area contributed by atoms with Gasteiger partial charge in [0, 0.05) is 18.3 Å². The van der Waals surface area contributed by atoms with Gasteiger partial charge in [0.25, 0.3) is 0 Å². The molecular formula is C12H19ClN2O3S. The van der Waals surface area contributed by atoms with Crippen LogP contribution >= 0.6 is 11.6 Å². The molecule has 19 heavy (non-hydrogen) atoms. The van der Waals surface area contributed by atoms with Crippen molar-refractivity contribution < 1.29 is 13.5 Å². The topological polar surface area (TPSA) is 92.4 Å². The Morgan fingerprint density at radius 3 is 2.53 bits per heavy atom. The number of nitrogens with one attached hydrogen (secondary N) is 1. The fourth-order valence-corrected chi connectivity index (χ4v) is 3.43. The van der Waals surface area contributed by atoms with E-state index < -0.39 is 16.1 Å². The van der Waals surface area contributed by atoms with E-state index in [9.17, 15) is 8.42 Å². The van der Waals surface area contributed by atoms with Crippen LogP contribution in [-0.4, -0.2) is 26.2 Å². The van der Waals surface area contributed by atoms with Crippen molar-refractivity contribution in [2.75, 3.05) is 12.3 Å². The number of halogens is 1. The van der Waals surface area contributed by atoms with Crippen LogP contribution in [0.25, 0.3) is 0 Å². The number of nitrogens with two attached hydrogens (primary N) is 1. The molecule has 0 heterocycles. The van der Waals surface area contributed by atoms with Gasteiger partial charge in [-0.25, -0.2) is 13.1 Å². The number of sulfonamides is 1. The molecule has 1 aromatic rings. The maximum atomic E-state index is 12.2. The van der Waals surface area contributed by atoms with Gasteiger partial charge in [0.15, 0.2) is 0 Å². The molecule has 0 saturated carbocycles. The van der Waals surface area contributed by atoms with Crippen molar-refractivity contribution in [2.45, 2.75) is 31.7 Å². The number of hydrogen-bond acceptors (Lipinski definition) is 4. The molecular weight excluding hydrogens is 288 g/mol. The van der Waals surface area contributed by atoms with E-state index in [0.717, 1.165) is 5.56 Å². The summed E-state index contributed by atoms with van der Waals surface area (Å²) in [5.74, 6) is -0.198. The van der Waals surface area contributed by atoms with Gasteiger partial charge in [-0.2, -0.15) is 0 Å². The van der Waals surface area contributed by atoms with Gasteiger partial charge in [-0.1, -0.05) is 18.5 Å². The van der Waals surface area contributed by atoms with Crippen LogP contribution in [0.1, 0.15) is 19.4 Å². The molecule has 108 valence electrons. The molecule has 0 amide bonds. The number of nitrogen functional groups attached to an aromatic ring is 1. The number of aryl methyl sites for hydroxylation is 1. The molecule has 4 N–H and O–H groups in total. The average Bonchev–Trinajstić information content (AvgIpc) is 2.31. The van der Waals surface area contributed by atoms with E-state index in [-0.39, 0.29) is 22.4 Å². The summed E-state index contributed by atoms with van der Waals surface area (Å²) >= 11 is 5.96. The number of rotatable bonds is 5. The molecule has 2 unspecified atom stereocenters. The summed E-state index contributed by atoms with van der Waals surface area (Å²) in [6.07, 6.45) is 0. The summed E-state index contributed by atoms with van der Waals surface area (Å²) in [4.78, 5) is -0.0470. The van der Waals surface area contributed by atoms with Gasteiger partial charge in [-0.05, 0) is 37.5 Å². The highest BCUT2D eigenvalue weighted by molar-refractivity contribution is 7.89. The quantitative estimate of drug-likeness (QED) is 0.719. The summed E-state index contributed by atoms with van der Waals surface area (Å²) in [6, 6.07) is 2.45. The predicted octanol–water partition coefficient (Wildman–Crippen LogP) is 1.53. The zero-order valence-corrected chi connectivity index (χ0v) is 12.7. The second-order valence-electron chi connectivity index (χ2n) is 4.71. The molecule has 5 nitrogen and oxygen atoms in total. The van der Waals surface area contributed by atoms with Crippen LogP contribution in [0.3, 0.4) is 0 Å². The van der Waals surface area contributed by atoms with E-state index >= 15 is 0 Å². The Labute approximate surface area is 118 Å². The number of aliphatic hydroxyl groups is 1. The summed E-state index contributed by atoms with van der Waals surface area (Å²) < 4.78 is 26.9. The molecule has 1 aromatic carbocycles. The minimum atomic E-state index is -3.76. The Morgan fingerprint density at radius 2 is 2.00 bits per heavy atom. The van der Waals surface area contributed by atoms with Crippen LogP contribution in [0.15, 0.2) is 17.0 Å². The highest BCUT2D eigenvalue weighted by Crippen LogP contribution is 2.27. The van der Waals surface area contributed by atoms with Crippen molar-refractivity contribution >= 4 is 27.3 Å². The number of anilines is 1. The summed E-state index contributed by atoms with van der Waals surface area (Å²) in [6.45, 7) is 5.08. The van der Waals surface area contributed by atoms with Crippen LogP contribution in [0.5, 0.6) is 0 Å². The first kappa shape index (κ1) is 16.2. The third-order valence-electron chi connectivity index (χ3n) is 3.09. The van der Waals surface area contributed by atoms with E-state index in [4.69, 9.17) is 22.4 Å². The van der Waals surface area contributed by atoms with E-state index in [1.165, 1.54) is 12.1 Å². The lowest BCUT2D eigenvalue weighted by atomic mass is 10.1. The smallest absolute Gasteiger partial charge is 0.242 e. The Hall–Kier alpha value is -0.820. The van der Waals surface area contributed by atoms with Gasteiger partial charge in [0.1, 0.15) is 4.90 Å². The maximum absolute atomic E-state index is 12.2. The normalized spacial score (nSPS) is 15.2. The second-order valence-corrected chi connectivity index (χ2v) is 6.80. The summed E-state index contributed by atoms with van der Waals surface area (Å²) in [5.41, 5.74) is 6.80. The third-order valence-corrected chi connectivity index (χ3v) is 5.12. The SMILES string of the molecule is Cc1cc(Cl)c(S(=O)(=O)NC(C)C(C)CO)cc1N. The molecule has 2 atom stereocenters. The van der Waals surface area contributed by atoms with Crippen molar-refractivity contribution in [1.82, 2.24) is 4.72 Å². The zero-order valence-electron chi connectivity index (χ0n) is 11.1. The van der Waals surface area contributed by atoms with Crippen LogP contribution in [-0.2, 0) is 10.0 Å². The Kier molecular flexibility index (Phi) is 5.20. The summed E-state index contributed by atoms with van der Waals surface area (Å²) in [5, 5.41) is 9.15. The number of benzene rings is 1. The molecule has 0 fully saturated rings. The van der Waals surface area contributed by atoms with Gasteiger partial charge >= 0.3 is 0 Å². The van der Waals surface area contributed by atoms with Crippen molar-refractivity contribution in [3.63, 3.8) is 0 Å². The zero-order chi connectivity index (χ0) is 14.8. The highest BCUT2D eigenvalue weighted by Gasteiger charge is 2.23. The van der Waals surface area contributed by atoms with Crippen LogP contribution in [0.4, 0.5) is 5.69 Å². The molecule has 1 rings (SSSR count).